The highest BCUT2D eigenvalue weighted by molar-refractivity contribution is 9.11. The molecular formula is C13H13Br2NO. The fourth-order valence-corrected chi connectivity index (χ4v) is 3.01. The molecule has 0 aliphatic carbocycles. The van der Waals surface area contributed by atoms with E-state index in [1.165, 1.54) is 5.57 Å². The van der Waals surface area contributed by atoms with E-state index < -0.39 is 0 Å². The molecule has 1 aliphatic rings. The Kier molecular flexibility index (Phi) is 4.05. The van der Waals surface area contributed by atoms with Gasteiger partial charge in [0.15, 0.2) is 0 Å². The second-order valence-corrected chi connectivity index (χ2v) is 5.95. The van der Waals surface area contributed by atoms with E-state index in [9.17, 15) is 4.79 Å². The molecule has 0 spiro atoms. The Balaban J connectivity index is 2.20. The molecule has 1 amide bonds. The van der Waals surface area contributed by atoms with E-state index in [2.05, 4.69) is 44.9 Å². The van der Waals surface area contributed by atoms with Crippen molar-refractivity contribution in [3.8, 4) is 0 Å². The minimum absolute atomic E-state index is 0.0909. The van der Waals surface area contributed by atoms with Crippen LogP contribution < -0.4 is 0 Å². The Hall–Kier alpha value is -0.610. The van der Waals surface area contributed by atoms with E-state index >= 15 is 0 Å². The largest absolute Gasteiger partial charge is 0.335 e. The summed E-state index contributed by atoms with van der Waals surface area (Å²) in [6.07, 6.45) is 3.09. The van der Waals surface area contributed by atoms with Crippen molar-refractivity contribution < 1.29 is 4.79 Å². The Morgan fingerprint density at radius 3 is 2.71 bits per heavy atom. The Morgan fingerprint density at radius 1 is 1.35 bits per heavy atom. The zero-order chi connectivity index (χ0) is 12.4. The van der Waals surface area contributed by atoms with E-state index in [-0.39, 0.29) is 5.91 Å². The SMILES string of the molecule is CC1=CCN(C(=O)c2ccc(Br)cc2Br)CC1. The molecular weight excluding hydrogens is 346 g/mol. The number of rotatable bonds is 1. The molecule has 4 heteroatoms. The Bertz CT molecular complexity index is 482. The molecule has 0 radical (unpaired) electrons. The number of carbonyl (C=O) groups excluding carboxylic acids is 1. The zero-order valence-electron chi connectivity index (χ0n) is 9.54. The summed E-state index contributed by atoms with van der Waals surface area (Å²) in [6, 6.07) is 5.64. The standard InChI is InChI=1S/C13H13Br2NO/c1-9-4-6-16(7-5-9)13(17)11-3-2-10(14)8-12(11)15/h2-4,8H,5-7H2,1H3. The number of hydrogen-bond acceptors (Lipinski definition) is 1. The predicted octanol–water partition coefficient (Wildman–Crippen LogP) is 4.00. The van der Waals surface area contributed by atoms with Gasteiger partial charge >= 0.3 is 0 Å². The highest BCUT2D eigenvalue weighted by Gasteiger charge is 2.19. The quantitative estimate of drug-likeness (QED) is 0.694. The van der Waals surface area contributed by atoms with E-state index in [1.54, 1.807) is 0 Å². The minimum atomic E-state index is 0.0909. The van der Waals surface area contributed by atoms with Crippen LogP contribution in [-0.4, -0.2) is 23.9 Å². The maximum Gasteiger partial charge on any atom is 0.255 e. The summed E-state index contributed by atoms with van der Waals surface area (Å²) in [5.41, 5.74) is 2.09. The lowest BCUT2D eigenvalue weighted by molar-refractivity contribution is 0.0768. The average Bonchev–Trinajstić information content (AvgIpc) is 2.29. The predicted molar refractivity (Wildman–Crippen MR) is 76.1 cm³/mol. The number of nitrogens with zero attached hydrogens (tertiary/aromatic N) is 1. The van der Waals surface area contributed by atoms with Gasteiger partial charge < -0.3 is 4.90 Å². The molecule has 0 aromatic heterocycles. The van der Waals surface area contributed by atoms with Gasteiger partial charge in [0.2, 0.25) is 0 Å². The summed E-state index contributed by atoms with van der Waals surface area (Å²) in [5, 5.41) is 0. The van der Waals surface area contributed by atoms with Gasteiger partial charge in [0.25, 0.3) is 5.91 Å². The molecule has 0 bridgehead atoms. The summed E-state index contributed by atoms with van der Waals surface area (Å²) in [6.45, 7) is 3.63. The number of benzene rings is 1. The lowest BCUT2D eigenvalue weighted by Crippen LogP contribution is -2.34. The van der Waals surface area contributed by atoms with Crippen molar-refractivity contribution in [2.75, 3.05) is 13.1 Å². The van der Waals surface area contributed by atoms with Crippen LogP contribution in [0, 0.1) is 0 Å². The van der Waals surface area contributed by atoms with Crippen molar-refractivity contribution in [3.63, 3.8) is 0 Å². The summed E-state index contributed by atoms with van der Waals surface area (Å²) < 4.78 is 1.80. The first-order chi connectivity index (χ1) is 8.08. The second kappa shape index (κ2) is 5.36. The fourth-order valence-electron chi connectivity index (χ4n) is 1.79. The smallest absolute Gasteiger partial charge is 0.255 e. The van der Waals surface area contributed by atoms with Crippen molar-refractivity contribution in [1.29, 1.82) is 0 Å². The molecule has 1 heterocycles. The third-order valence-electron chi connectivity index (χ3n) is 2.88. The molecule has 0 saturated heterocycles. The number of halogens is 2. The van der Waals surface area contributed by atoms with Gasteiger partial charge in [0.1, 0.15) is 0 Å². The van der Waals surface area contributed by atoms with E-state index in [0.29, 0.717) is 6.54 Å². The van der Waals surface area contributed by atoms with E-state index in [0.717, 1.165) is 27.5 Å². The first-order valence-electron chi connectivity index (χ1n) is 5.48. The third-order valence-corrected chi connectivity index (χ3v) is 4.03. The minimum Gasteiger partial charge on any atom is -0.335 e. The molecule has 0 atom stereocenters. The van der Waals surface area contributed by atoms with Gasteiger partial charge in [-0.1, -0.05) is 27.6 Å². The van der Waals surface area contributed by atoms with Crippen LogP contribution in [0.25, 0.3) is 0 Å². The lowest BCUT2D eigenvalue weighted by atomic mass is 10.1. The first kappa shape index (κ1) is 12.8. The summed E-state index contributed by atoms with van der Waals surface area (Å²) in [4.78, 5) is 14.2. The maximum atomic E-state index is 12.3. The number of carbonyl (C=O) groups is 1. The Labute approximate surface area is 118 Å². The van der Waals surface area contributed by atoms with Crippen LogP contribution in [0.3, 0.4) is 0 Å². The van der Waals surface area contributed by atoms with Gasteiger partial charge in [0.05, 0.1) is 5.56 Å². The third kappa shape index (κ3) is 2.99. The van der Waals surface area contributed by atoms with Gasteiger partial charge in [-0.15, -0.1) is 0 Å². The van der Waals surface area contributed by atoms with Gasteiger partial charge in [0, 0.05) is 22.0 Å². The molecule has 2 rings (SSSR count). The van der Waals surface area contributed by atoms with Crippen molar-refractivity contribution in [3.05, 3.63) is 44.4 Å². The molecule has 1 aromatic carbocycles. The molecule has 17 heavy (non-hydrogen) atoms. The fraction of sp³-hybridized carbons (Fsp3) is 0.308. The monoisotopic (exact) mass is 357 g/mol. The molecule has 1 aliphatic heterocycles. The van der Waals surface area contributed by atoms with Crippen molar-refractivity contribution in [1.82, 2.24) is 4.90 Å². The van der Waals surface area contributed by atoms with Crippen LogP contribution in [0.15, 0.2) is 38.8 Å². The molecule has 0 unspecified atom stereocenters. The second-order valence-electron chi connectivity index (χ2n) is 4.18. The van der Waals surface area contributed by atoms with Gasteiger partial charge in [-0.05, 0) is 47.5 Å². The average molecular weight is 359 g/mol. The molecule has 1 aromatic rings. The normalized spacial score (nSPS) is 15.7. The van der Waals surface area contributed by atoms with Crippen molar-refractivity contribution >= 4 is 37.8 Å². The summed E-state index contributed by atoms with van der Waals surface area (Å²) in [5.74, 6) is 0.0909. The lowest BCUT2D eigenvalue weighted by Gasteiger charge is -2.26. The van der Waals surface area contributed by atoms with Crippen LogP contribution in [0.5, 0.6) is 0 Å². The van der Waals surface area contributed by atoms with Gasteiger partial charge in [-0.3, -0.25) is 4.79 Å². The van der Waals surface area contributed by atoms with Gasteiger partial charge in [-0.2, -0.15) is 0 Å². The van der Waals surface area contributed by atoms with E-state index in [4.69, 9.17) is 0 Å². The highest BCUT2D eigenvalue weighted by Crippen LogP contribution is 2.24. The maximum absolute atomic E-state index is 12.3. The number of amides is 1. The first-order valence-corrected chi connectivity index (χ1v) is 7.06. The Morgan fingerprint density at radius 2 is 2.12 bits per heavy atom. The summed E-state index contributed by atoms with van der Waals surface area (Å²) >= 11 is 6.82. The molecule has 90 valence electrons. The van der Waals surface area contributed by atoms with Crippen LogP contribution in [0.1, 0.15) is 23.7 Å². The van der Waals surface area contributed by atoms with Crippen LogP contribution >= 0.6 is 31.9 Å². The van der Waals surface area contributed by atoms with Crippen LogP contribution in [0.2, 0.25) is 0 Å². The van der Waals surface area contributed by atoms with Gasteiger partial charge in [-0.25, -0.2) is 0 Å². The molecule has 2 nitrogen and oxygen atoms in total. The highest BCUT2D eigenvalue weighted by atomic mass is 79.9. The summed E-state index contributed by atoms with van der Waals surface area (Å²) in [7, 11) is 0. The zero-order valence-corrected chi connectivity index (χ0v) is 12.7. The van der Waals surface area contributed by atoms with E-state index in [1.807, 2.05) is 23.1 Å². The van der Waals surface area contributed by atoms with Crippen molar-refractivity contribution in [2.45, 2.75) is 13.3 Å². The van der Waals surface area contributed by atoms with Crippen LogP contribution in [0.4, 0.5) is 0 Å². The molecule has 0 saturated carbocycles. The molecule has 0 N–H and O–H groups in total. The topological polar surface area (TPSA) is 20.3 Å². The van der Waals surface area contributed by atoms with Crippen molar-refractivity contribution in [2.24, 2.45) is 0 Å². The molecule has 0 fully saturated rings. The number of hydrogen-bond donors (Lipinski definition) is 0. The van der Waals surface area contributed by atoms with Crippen LogP contribution in [-0.2, 0) is 0 Å².